The fourth-order valence-electron chi connectivity index (χ4n) is 2.71. The minimum atomic E-state index is -0.0920. The van der Waals surface area contributed by atoms with Gasteiger partial charge in [-0.1, -0.05) is 33.3 Å². The molecule has 1 unspecified atom stereocenters. The van der Waals surface area contributed by atoms with Crippen LogP contribution in [0.15, 0.2) is 18.2 Å². The third kappa shape index (κ3) is 3.47. The van der Waals surface area contributed by atoms with Gasteiger partial charge in [-0.25, -0.2) is 4.39 Å². The molecule has 1 aromatic carbocycles. The molecule has 1 aliphatic heterocycles. The number of hydrogen-bond acceptors (Lipinski definition) is 2. The van der Waals surface area contributed by atoms with Crippen LogP contribution in [0.3, 0.4) is 0 Å². The Bertz CT molecular complexity index is 417. The van der Waals surface area contributed by atoms with E-state index in [-0.39, 0.29) is 5.82 Å². The molecule has 0 saturated carbocycles. The number of nitrogens with one attached hydrogen (secondary N) is 1. The lowest BCUT2D eigenvalue weighted by Crippen LogP contribution is -2.26. The van der Waals surface area contributed by atoms with Gasteiger partial charge >= 0.3 is 0 Å². The summed E-state index contributed by atoms with van der Waals surface area (Å²) in [6.07, 6.45) is 2.44. The second-order valence-corrected chi connectivity index (χ2v) is 5.78. The van der Waals surface area contributed by atoms with Crippen molar-refractivity contribution in [1.29, 1.82) is 0 Å². The van der Waals surface area contributed by atoms with Crippen molar-refractivity contribution in [3.8, 4) is 0 Å². The standard InChI is InChI=1S/C16H25FN2/c1-4-13-8-9-19(11-13)16-7-5-6-15(17)14(16)10-18-12(2)3/h5-7,12-13,18H,4,8-11H2,1-3H3. The SMILES string of the molecule is CCC1CCN(c2cccc(F)c2CNC(C)C)C1. The second kappa shape index (κ2) is 6.38. The second-order valence-electron chi connectivity index (χ2n) is 5.78. The Morgan fingerprint density at radius 1 is 1.42 bits per heavy atom. The Kier molecular flexibility index (Phi) is 4.81. The summed E-state index contributed by atoms with van der Waals surface area (Å²) in [5, 5.41) is 3.32. The molecular weight excluding hydrogens is 239 g/mol. The highest BCUT2D eigenvalue weighted by Crippen LogP contribution is 2.29. The average molecular weight is 264 g/mol. The lowest BCUT2D eigenvalue weighted by Gasteiger charge is -2.23. The van der Waals surface area contributed by atoms with Crippen LogP contribution in [0.1, 0.15) is 39.2 Å². The third-order valence-electron chi connectivity index (χ3n) is 3.99. The first-order chi connectivity index (χ1) is 9.11. The first-order valence-electron chi connectivity index (χ1n) is 7.37. The van der Waals surface area contributed by atoms with E-state index in [0.717, 1.165) is 30.3 Å². The maximum atomic E-state index is 14.1. The molecule has 1 atom stereocenters. The van der Waals surface area contributed by atoms with Gasteiger partial charge in [-0.3, -0.25) is 0 Å². The highest BCUT2D eigenvalue weighted by molar-refractivity contribution is 5.55. The molecule has 1 fully saturated rings. The van der Waals surface area contributed by atoms with Gasteiger partial charge in [-0.2, -0.15) is 0 Å². The predicted molar refractivity (Wildman–Crippen MR) is 79.0 cm³/mol. The highest BCUT2D eigenvalue weighted by atomic mass is 19.1. The van der Waals surface area contributed by atoms with Gasteiger partial charge in [0.2, 0.25) is 0 Å². The molecule has 1 aromatic rings. The largest absolute Gasteiger partial charge is 0.371 e. The van der Waals surface area contributed by atoms with Crippen molar-refractivity contribution in [2.75, 3.05) is 18.0 Å². The van der Waals surface area contributed by atoms with Crippen molar-refractivity contribution >= 4 is 5.69 Å². The zero-order valence-electron chi connectivity index (χ0n) is 12.2. The molecule has 1 heterocycles. The first-order valence-corrected chi connectivity index (χ1v) is 7.37. The van der Waals surface area contributed by atoms with Gasteiger partial charge in [0.25, 0.3) is 0 Å². The van der Waals surface area contributed by atoms with Crippen LogP contribution in [-0.2, 0) is 6.54 Å². The fraction of sp³-hybridized carbons (Fsp3) is 0.625. The molecule has 2 nitrogen and oxygen atoms in total. The molecule has 0 bridgehead atoms. The molecule has 3 heteroatoms. The number of hydrogen-bond donors (Lipinski definition) is 1. The van der Waals surface area contributed by atoms with E-state index in [4.69, 9.17) is 0 Å². The molecule has 1 saturated heterocycles. The normalized spacial score (nSPS) is 19.4. The van der Waals surface area contributed by atoms with Crippen LogP contribution in [0.25, 0.3) is 0 Å². The van der Waals surface area contributed by atoms with E-state index < -0.39 is 0 Å². The van der Waals surface area contributed by atoms with Crippen molar-refractivity contribution in [3.63, 3.8) is 0 Å². The van der Waals surface area contributed by atoms with Crippen LogP contribution in [0.5, 0.6) is 0 Å². The number of halogens is 1. The van der Waals surface area contributed by atoms with Crippen LogP contribution in [-0.4, -0.2) is 19.1 Å². The topological polar surface area (TPSA) is 15.3 Å². The number of benzene rings is 1. The lowest BCUT2D eigenvalue weighted by atomic mass is 10.1. The summed E-state index contributed by atoms with van der Waals surface area (Å²) < 4.78 is 14.1. The summed E-state index contributed by atoms with van der Waals surface area (Å²) in [5.41, 5.74) is 1.89. The van der Waals surface area contributed by atoms with Crippen LogP contribution in [0, 0.1) is 11.7 Å². The van der Waals surface area contributed by atoms with E-state index in [0.29, 0.717) is 12.6 Å². The van der Waals surface area contributed by atoms with Gasteiger partial charge in [0, 0.05) is 36.9 Å². The Morgan fingerprint density at radius 2 is 2.21 bits per heavy atom. The van der Waals surface area contributed by atoms with Gasteiger partial charge < -0.3 is 10.2 Å². The van der Waals surface area contributed by atoms with Gasteiger partial charge in [0.1, 0.15) is 5.82 Å². The van der Waals surface area contributed by atoms with Crippen molar-refractivity contribution in [2.24, 2.45) is 5.92 Å². The molecule has 0 aromatic heterocycles. The quantitative estimate of drug-likeness (QED) is 0.874. The van der Waals surface area contributed by atoms with E-state index in [1.54, 1.807) is 6.07 Å². The molecule has 1 N–H and O–H groups in total. The summed E-state index contributed by atoms with van der Waals surface area (Å²) in [7, 11) is 0. The summed E-state index contributed by atoms with van der Waals surface area (Å²) >= 11 is 0. The third-order valence-corrected chi connectivity index (χ3v) is 3.99. The van der Waals surface area contributed by atoms with E-state index in [1.807, 2.05) is 6.07 Å². The van der Waals surface area contributed by atoms with Crippen molar-refractivity contribution < 1.29 is 4.39 Å². The molecule has 0 amide bonds. The van der Waals surface area contributed by atoms with Crippen LogP contribution in [0.4, 0.5) is 10.1 Å². The summed E-state index contributed by atoms with van der Waals surface area (Å²) in [4.78, 5) is 2.34. The monoisotopic (exact) mass is 264 g/mol. The molecule has 0 aliphatic carbocycles. The van der Waals surface area contributed by atoms with Crippen LogP contribution in [0.2, 0.25) is 0 Å². The van der Waals surface area contributed by atoms with E-state index in [9.17, 15) is 4.39 Å². The Hall–Kier alpha value is -1.09. The first kappa shape index (κ1) is 14.3. The maximum absolute atomic E-state index is 14.1. The zero-order chi connectivity index (χ0) is 13.8. The Labute approximate surface area is 116 Å². The minimum absolute atomic E-state index is 0.0920. The van der Waals surface area contributed by atoms with E-state index in [2.05, 4.69) is 37.1 Å². The average Bonchev–Trinajstić information content (AvgIpc) is 2.85. The summed E-state index contributed by atoms with van der Waals surface area (Å²) in [5.74, 6) is 0.666. The highest BCUT2D eigenvalue weighted by Gasteiger charge is 2.23. The molecule has 2 rings (SSSR count). The van der Waals surface area contributed by atoms with Crippen molar-refractivity contribution in [3.05, 3.63) is 29.6 Å². The molecule has 1 aliphatic rings. The van der Waals surface area contributed by atoms with E-state index >= 15 is 0 Å². The van der Waals surface area contributed by atoms with Crippen molar-refractivity contribution in [2.45, 2.75) is 46.2 Å². The molecule has 106 valence electrons. The minimum Gasteiger partial charge on any atom is -0.371 e. The number of nitrogens with zero attached hydrogens (tertiary/aromatic N) is 1. The van der Waals surface area contributed by atoms with Crippen LogP contribution >= 0.6 is 0 Å². The summed E-state index contributed by atoms with van der Waals surface area (Å²) in [6, 6.07) is 5.81. The molecular formula is C16H25FN2. The summed E-state index contributed by atoms with van der Waals surface area (Å²) in [6.45, 7) is 9.13. The number of rotatable bonds is 5. The number of anilines is 1. The van der Waals surface area contributed by atoms with Crippen LogP contribution < -0.4 is 10.2 Å². The predicted octanol–water partition coefficient (Wildman–Crippen LogP) is 3.56. The molecule has 0 spiro atoms. The van der Waals surface area contributed by atoms with E-state index in [1.165, 1.54) is 12.8 Å². The Morgan fingerprint density at radius 3 is 2.84 bits per heavy atom. The van der Waals surface area contributed by atoms with Gasteiger partial charge in [0.05, 0.1) is 0 Å². The lowest BCUT2D eigenvalue weighted by molar-refractivity contribution is 0.550. The molecule has 0 radical (unpaired) electrons. The van der Waals surface area contributed by atoms with Gasteiger partial charge in [-0.15, -0.1) is 0 Å². The van der Waals surface area contributed by atoms with Gasteiger partial charge in [-0.05, 0) is 24.5 Å². The zero-order valence-corrected chi connectivity index (χ0v) is 12.2. The smallest absolute Gasteiger partial charge is 0.129 e. The Balaban J connectivity index is 2.17. The fourth-order valence-corrected chi connectivity index (χ4v) is 2.71. The molecule has 19 heavy (non-hydrogen) atoms. The maximum Gasteiger partial charge on any atom is 0.129 e. The van der Waals surface area contributed by atoms with Crippen molar-refractivity contribution in [1.82, 2.24) is 5.32 Å². The van der Waals surface area contributed by atoms with Gasteiger partial charge in [0.15, 0.2) is 0 Å².